The van der Waals surface area contributed by atoms with Crippen molar-refractivity contribution in [1.29, 1.82) is 0 Å². The first kappa shape index (κ1) is 72.8. The predicted octanol–water partition coefficient (Wildman–Crippen LogP) is 11.2. The Morgan fingerprint density at radius 1 is 0.463 bits per heavy atom. The van der Waals surface area contributed by atoms with Gasteiger partial charge in [0.05, 0.1) is 32.0 Å². The minimum atomic E-state index is -1.79. The molecule has 1 amide bonds. The number of hydrogen-bond donors (Lipinski definition) is 9. The van der Waals surface area contributed by atoms with Crippen molar-refractivity contribution in [1.82, 2.24) is 5.32 Å². The summed E-state index contributed by atoms with van der Waals surface area (Å²) in [5.41, 5.74) is 0. The Morgan fingerprint density at radius 2 is 0.863 bits per heavy atom. The molecule has 458 valence electrons. The maximum absolute atomic E-state index is 13.2. The van der Waals surface area contributed by atoms with Gasteiger partial charge in [-0.05, 0) is 83.5 Å². The molecule has 0 aromatic heterocycles. The summed E-state index contributed by atoms with van der Waals surface area (Å²) in [7, 11) is 0. The standard InChI is InChI=1S/C66H111NO13/c1-3-5-7-9-11-13-14-15-16-17-18-19-20-21-22-23-24-25-26-27-28-29-30-31-32-33-34-35-36-37-38-39-40-42-44-46-48-50-58(71)67-54(55(70)49-47-45-43-41-12-10-8-6-4-2)53-77-65-63(76)61(74)64(57(52-69)79-65)80-66-62(75)60(73)59(72)56(51-68)78-66/h5,7,11,13,15-16,18-19,21-22,24-25,27-28,30-31,47,49,54-57,59-66,68-70,72-76H,3-4,6,8-10,12,14,17,20,23,26,29,32-46,48,50-53H2,1-2H3,(H,67,71)/b7-5-,13-11-,16-15-,19-18-,22-21-,25-24-,28-27-,31-30-,49-47+. The molecule has 0 aromatic carbocycles. The number of amides is 1. The first-order chi connectivity index (χ1) is 39.1. The molecule has 14 heteroatoms. The van der Waals surface area contributed by atoms with E-state index in [2.05, 4.69) is 116 Å². The van der Waals surface area contributed by atoms with Crippen molar-refractivity contribution < 1.29 is 64.6 Å². The molecular formula is C66H111NO13. The minimum absolute atomic E-state index is 0.249. The Labute approximate surface area is 483 Å². The smallest absolute Gasteiger partial charge is 0.220 e. The highest BCUT2D eigenvalue weighted by atomic mass is 16.7. The first-order valence-electron chi connectivity index (χ1n) is 31.1. The summed E-state index contributed by atoms with van der Waals surface area (Å²) in [4.78, 5) is 13.2. The monoisotopic (exact) mass is 1130 g/mol. The normalized spacial score (nSPS) is 25.0. The van der Waals surface area contributed by atoms with Gasteiger partial charge < -0.3 is 65.1 Å². The number of rotatable bonds is 48. The van der Waals surface area contributed by atoms with Crippen LogP contribution in [0.5, 0.6) is 0 Å². The van der Waals surface area contributed by atoms with E-state index in [0.29, 0.717) is 6.42 Å². The Balaban J connectivity index is 1.59. The van der Waals surface area contributed by atoms with Gasteiger partial charge in [-0.2, -0.15) is 0 Å². The second-order valence-electron chi connectivity index (χ2n) is 21.5. The molecule has 0 saturated carbocycles. The van der Waals surface area contributed by atoms with Crippen LogP contribution in [0.2, 0.25) is 0 Å². The number of carbonyl (C=O) groups is 1. The van der Waals surface area contributed by atoms with Crippen LogP contribution in [-0.4, -0.2) is 140 Å². The van der Waals surface area contributed by atoms with Crippen molar-refractivity contribution in [3.63, 3.8) is 0 Å². The van der Waals surface area contributed by atoms with E-state index in [9.17, 15) is 45.6 Å². The van der Waals surface area contributed by atoms with E-state index < -0.39 is 86.8 Å². The molecule has 12 unspecified atom stereocenters. The van der Waals surface area contributed by atoms with Gasteiger partial charge in [-0.25, -0.2) is 0 Å². The lowest BCUT2D eigenvalue weighted by atomic mass is 9.97. The van der Waals surface area contributed by atoms with Crippen LogP contribution in [0.3, 0.4) is 0 Å². The van der Waals surface area contributed by atoms with E-state index in [-0.39, 0.29) is 18.9 Å². The number of allylic oxidation sites excluding steroid dienone is 17. The zero-order valence-corrected chi connectivity index (χ0v) is 49.3. The quantitative estimate of drug-likeness (QED) is 0.0204. The maximum Gasteiger partial charge on any atom is 0.220 e. The number of aliphatic hydroxyl groups is 8. The largest absolute Gasteiger partial charge is 0.394 e. The van der Waals surface area contributed by atoms with Crippen LogP contribution in [0.1, 0.15) is 206 Å². The molecule has 2 saturated heterocycles. The molecule has 14 nitrogen and oxygen atoms in total. The van der Waals surface area contributed by atoms with E-state index in [1.807, 2.05) is 6.08 Å². The van der Waals surface area contributed by atoms with E-state index in [1.54, 1.807) is 6.08 Å². The average Bonchev–Trinajstić information content (AvgIpc) is 3.49. The Kier molecular flexibility index (Phi) is 45.6. The summed E-state index contributed by atoms with van der Waals surface area (Å²) < 4.78 is 22.7. The van der Waals surface area contributed by atoms with Gasteiger partial charge in [0.2, 0.25) is 5.91 Å². The molecule has 80 heavy (non-hydrogen) atoms. The average molecular weight is 1130 g/mol. The summed E-state index contributed by atoms with van der Waals surface area (Å²) in [6.45, 7) is 2.62. The third-order valence-corrected chi connectivity index (χ3v) is 14.5. The van der Waals surface area contributed by atoms with Gasteiger partial charge in [-0.1, -0.05) is 226 Å². The zero-order chi connectivity index (χ0) is 58.1. The maximum atomic E-state index is 13.2. The molecule has 0 aliphatic carbocycles. The summed E-state index contributed by atoms with van der Waals surface area (Å²) in [5, 5.41) is 86.8. The van der Waals surface area contributed by atoms with Crippen molar-refractivity contribution >= 4 is 5.91 Å². The lowest BCUT2D eigenvalue weighted by molar-refractivity contribution is -0.359. The van der Waals surface area contributed by atoms with Gasteiger partial charge in [-0.3, -0.25) is 4.79 Å². The Bertz CT molecular complexity index is 1760. The second-order valence-corrected chi connectivity index (χ2v) is 21.5. The van der Waals surface area contributed by atoms with Crippen molar-refractivity contribution in [2.45, 2.75) is 280 Å². The van der Waals surface area contributed by atoms with Gasteiger partial charge in [0.1, 0.15) is 48.8 Å². The molecule has 9 N–H and O–H groups in total. The number of carbonyl (C=O) groups excluding carboxylic acids is 1. The van der Waals surface area contributed by atoms with E-state index in [1.165, 1.54) is 77.0 Å². The molecule has 12 atom stereocenters. The molecule has 2 fully saturated rings. The topological polar surface area (TPSA) is 228 Å². The lowest BCUT2D eigenvalue weighted by Gasteiger charge is -2.46. The molecule has 0 radical (unpaired) electrons. The number of ether oxygens (including phenoxy) is 4. The fraction of sp³-hybridized carbons (Fsp3) is 0.712. The summed E-state index contributed by atoms with van der Waals surface area (Å²) in [5.74, 6) is -0.249. The molecule has 0 spiro atoms. The SMILES string of the molecule is CC/C=C\C/C=C\C/C=C\C/C=C\C/C=C\C/C=C\C/C=C\C/C=C\CCCCCCCCCCCCCCC(=O)NC(COC1OC(CO)C(OC2OC(CO)C(O)C(O)C2O)C(O)C1O)C(O)/C=C/CCCCCCCCC. The Hall–Kier alpha value is -3.35. The zero-order valence-electron chi connectivity index (χ0n) is 49.3. The van der Waals surface area contributed by atoms with Crippen LogP contribution in [0.25, 0.3) is 0 Å². The summed E-state index contributed by atoms with van der Waals surface area (Å²) in [6, 6.07) is -0.920. The summed E-state index contributed by atoms with van der Waals surface area (Å²) in [6.07, 6.45) is 54.5. The van der Waals surface area contributed by atoms with Crippen molar-refractivity contribution in [2.75, 3.05) is 19.8 Å². The van der Waals surface area contributed by atoms with Gasteiger partial charge in [0, 0.05) is 6.42 Å². The van der Waals surface area contributed by atoms with Gasteiger partial charge >= 0.3 is 0 Å². The molecule has 2 aliphatic rings. The molecule has 0 bridgehead atoms. The van der Waals surface area contributed by atoms with E-state index >= 15 is 0 Å². The minimum Gasteiger partial charge on any atom is -0.394 e. The van der Waals surface area contributed by atoms with Crippen LogP contribution in [0, 0.1) is 0 Å². The fourth-order valence-electron chi connectivity index (χ4n) is 9.48. The highest BCUT2D eigenvalue weighted by Gasteiger charge is 2.51. The third kappa shape index (κ3) is 34.9. The third-order valence-electron chi connectivity index (χ3n) is 14.5. The van der Waals surface area contributed by atoms with Crippen molar-refractivity contribution in [2.24, 2.45) is 0 Å². The van der Waals surface area contributed by atoms with Crippen LogP contribution in [0.15, 0.2) is 109 Å². The highest BCUT2D eigenvalue weighted by molar-refractivity contribution is 5.76. The second kappa shape index (κ2) is 50.2. The van der Waals surface area contributed by atoms with Crippen LogP contribution in [0.4, 0.5) is 0 Å². The predicted molar refractivity (Wildman–Crippen MR) is 322 cm³/mol. The van der Waals surface area contributed by atoms with Crippen LogP contribution in [-0.2, 0) is 23.7 Å². The van der Waals surface area contributed by atoms with Crippen molar-refractivity contribution in [3.05, 3.63) is 109 Å². The number of unbranched alkanes of at least 4 members (excludes halogenated alkanes) is 19. The van der Waals surface area contributed by atoms with Crippen molar-refractivity contribution in [3.8, 4) is 0 Å². The number of aliphatic hydroxyl groups excluding tert-OH is 8. The van der Waals surface area contributed by atoms with Gasteiger partial charge in [0.15, 0.2) is 12.6 Å². The first-order valence-corrected chi connectivity index (χ1v) is 31.1. The number of hydrogen-bond acceptors (Lipinski definition) is 13. The van der Waals surface area contributed by atoms with E-state index in [4.69, 9.17) is 18.9 Å². The van der Waals surface area contributed by atoms with Crippen LogP contribution >= 0.6 is 0 Å². The Morgan fingerprint density at radius 3 is 1.32 bits per heavy atom. The van der Waals surface area contributed by atoms with Gasteiger partial charge in [-0.15, -0.1) is 0 Å². The van der Waals surface area contributed by atoms with Crippen LogP contribution < -0.4 is 5.32 Å². The van der Waals surface area contributed by atoms with Gasteiger partial charge in [0.25, 0.3) is 0 Å². The fourth-order valence-corrected chi connectivity index (χ4v) is 9.48. The molecule has 2 rings (SSSR count). The molecule has 2 aliphatic heterocycles. The number of nitrogens with one attached hydrogen (secondary N) is 1. The molecule has 0 aromatic rings. The summed E-state index contributed by atoms with van der Waals surface area (Å²) >= 11 is 0. The van der Waals surface area contributed by atoms with E-state index in [0.717, 1.165) is 103 Å². The molecule has 2 heterocycles. The highest BCUT2D eigenvalue weighted by Crippen LogP contribution is 2.30. The lowest BCUT2D eigenvalue weighted by Crippen LogP contribution is -2.65. The molecular weight excluding hydrogens is 1010 g/mol.